The van der Waals surface area contributed by atoms with E-state index in [0.29, 0.717) is 22.3 Å². The number of rotatable bonds is 5. The van der Waals surface area contributed by atoms with Gasteiger partial charge in [0.1, 0.15) is 0 Å². The summed E-state index contributed by atoms with van der Waals surface area (Å²) in [6, 6.07) is 12.4. The maximum Gasteiger partial charge on any atom is 0.246 e. The second kappa shape index (κ2) is 8.70. The smallest absolute Gasteiger partial charge is 0.246 e. The van der Waals surface area contributed by atoms with Gasteiger partial charge in [-0.1, -0.05) is 41.4 Å². The van der Waals surface area contributed by atoms with E-state index in [-0.39, 0.29) is 11.8 Å². The molecule has 0 spiro atoms. The molecule has 2 aromatic carbocycles. The molecule has 0 aromatic heterocycles. The number of nitrogens with one attached hydrogen (secondary N) is 1. The molecule has 0 fully saturated rings. The quantitative estimate of drug-likeness (QED) is 0.773. The fourth-order valence-electron chi connectivity index (χ4n) is 2.17. The van der Waals surface area contributed by atoms with E-state index < -0.39 is 0 Å². The molecule has 0 aliphatic rings. The van der Waals surface area contributed by atoms with E-state index in [1.54, 1.807) is 43.5 Å². The van der Waals surface area contributed by atoms with Gasteiger partial charge >= 0.3 is 0 Å². The molecule has 0 radical (unpaired) electrons. The average molecular weight is 377 g/mol. The van der Waals surface area contributed by atoms with E-state index in [4.69, 9.17) is 23.2 Å². The Morgan fingerprint density at radius 2 is 1.68 bits per heavy atom. The third-order valence-electron chi connectivity index (χ3n) is 3.48. The minimum atomic E-state index is -0.165. The van der Waals surface area contributed by atoms with E-state index in [9.17, 15) is 9.59 Å². The van der Waals surface area contributed by atoms with Crippen molar-refractivity contribution in [2.45, 2.75) is 13.5 Å². The van der Waals surface area contributed by atoms with Crippen molar-refractivity contribution in [2.24, 2.45) is 0 Å². The monoisotopic (exact) mass is 376 g/mol. The summed E-state index contributed by atoms with van der Waals surface area (Å²) in [7, 11) is 1.69. The summed E-state index contributed by atoms with van der Waals surface area (Å²) in [4.78, 5) is 24.8. The van der Waals surface area contributed by atoms with Gasteiger partial charge in [-0.2, -0.15) is 0 Å². The Balaban J connectivity index is 2.00. The minimum absolute atomic E-state index is 0.127. The second-order valence-electron chi connectivity index (χ2n) is 5.53. The number of carbonyl (C=O) groups is 2. The highest BCUT2D eigenvalue weighted by atomic mass is 35.5. The lowest BCUT2D eigenvalue weighted by Gasteiger charge is -2.17. The van der Waals surface area contributed by atoms with Gasteiger partial charge in [-0.25, -0.2) is 0 Å². The molecule has 0 heterocycles. The molecule has 0 bridgehead atoms. The van der Waals surface area contributed by atoms with Crippen LogP contribution in [0.15, 0.2) is 48.5 Å². The number of amides is 2. The zero-order valence-electron chi connectivity index (χ0n) is 13.9. The van der Waals surface area contributed by atoms with Crippen molar-refractivity contribution in [2.75, 3.05) is 12.4 Å². The normalized spacial score (nSPS) is 10.7. The van der Waals surface area contributed by atoms with Crippen LogP contribution in [-0.2, 0) is 16.1 Å². The van der Waals surface area contributed by atoms with E-state index in [1.807, 2.05) is 12.1 Å². The molecule has 0 aliphatic carbocycles. The predicted molar refractivity (Wildman–Crippen MR) is 103 cm³/mol. The third kappa shape index (κ3) is 5.62. The van der Waals surface area contributed by atoms with Crippen LogP contribution in [0.3, 0.4) is 0 Å². The lowest BCUT2D eigenvalue weighted by Crippen LogP contribution is -2.24. The van der Waals surface area contributed by atoms with Crippen LogP contribution in [0.1, 0.15) is 18.1 Å². The van der Waals surface area contributed by atoms with E-state index >= 15 is 0 Å². The van der Waals surface area contributed by atoms with Crippen molar-refractivity contribution >= 4 is 46.8 Å². The lowest BCUT2D eigenvalue weighted by atomic mass is 10.2. The van der Waals surface area contributed by atoms with Gasteiger partial charge in [0.15, 0.2) is 0 Å². The number of hydrogen-bond donors (Lipinski definition) is 1. The molecule has 0 aliphatic heterocycles. The summed E-state index contributed by atoms with van der Waals surface area (Å²) in [6.45, 7) is 1.77. The van der Waals surface area contributed by atoms with Crippen molar-refractivity contribution in [1.82, 2.24) is 4.90 Å². The van der Waals surface area contributed by atoms with E-state index in [1.165, 1.54) is 17.9 Å². The van der Waals surface area contributed by atoms with Crippen LogP contribution in [0, 0.1) is 0 Å². The lowest BCUT2D eigenvalue weighted by molar-refractivity contribution is -0.125. The van der Waals surface area contributed by atoms with Gasteiger partial charge < -0.3 is 10.2 Å². The number of likely N-dealkylation sites (N-methyl/N-ethyl adjacent to an activating group) is 1. The van der Waals surface area contributed by atoms with Crippen molar-refractivity contribution in [3.05, 3.63) is 69.7 Å². The first kappa shape index (κ1) is 19.0. The Morgan fingerprint density at radius 1 is 1.08 bits per heavy atom. The Bertz CT molecular complexity index is 781. The molecule has 0 unspecified atom stereocenters. The first-order chi connectivity index (χ1) is 11.9. The Morgan fingerprint density at radius 3 is 2.24 bits per heavy atom. The molecular formula is C19H18Cl2N2O2. The third-order valence-corrected chi connectivity index (χ3v) is 4.19. The summed E-state index contributed by atoms with van der Waals surface area (Å²) in [5, 5.41) is 3.75. The summed E-state index contributed by atoms with van der Waals surface area (Å²) < 4.78 is 0. The van der Waals surface area contributed by atoms with Crippen LogP contribution >= 0.6 is 23.2 Å². The Kier molecular flexibility index (Phi) is 6.62. The maximum absolute atomic E-state index is 12.3. The first-order valence-electron chi connectivity index (χ1n) is 7.60. The number of hydrogen-bond acceptors (Lipinski definition) is 2. The maximum atomic E-state index is 12.3. The SMILES string of the molecule is CC(=O)Nc1ccc(C=CC(=O)N(C)Cc2c(Cl)cccc2Cl)cc1. The minimum Gasteiger partial charge on any atom is -0.338 e. The number of benzene rings is 2. The van der Waals surface area contributed by atoms with Crippen LogP contribution in [-0.4, -0.2) is 23.8 Å². The van der Waals surface area contributed by atoms with Crippen molar-refractivity contribution in [1.29, 1.82) is 0 Å². The largest absolute Gasteiger partial charge is 0.338 e. The van der Waals surface area contributed by atoms with Crippen LogP contribution < -0.4 is 5.32 Å². The van der Waals surface area contributed by atoms with E-state index in [2.05, 4.69) is 5.32 Å². The number of carbonyl (C=O) groups excluding carboxylic acids is 2. The fraction of sp³-hybridized carbons (Fsp3) is 0.158. The van der Waals surface area contributed by atoms with Crippen molar-refractivity contribution in [3.63, 3.8) is 0 Å². The molecule has 4 nitrogen and oxygen atoms in total. The zero-order chi connectivity index (χ0) is 18.4. The summed E-state index contributed by atoms with van der Waals surface area (Å²) in [5.41, 5.74) is 2.28. The highest BCUT2D eigenvalue weighted by Gasteiger charge is 2.11. The van der Waals surface area contributed by atoms with Gasteiger partial charge in [-0.05, 0) is 35.9 Å². The number of halogens is 2. The highest BCUT2D eigenvalue weighted by Crippen LogP contribution is 2.25. The number of nitrogens with zero attached hydrogens (tertiary/aromatic N) is 1. The van der Waals surface area contributed by atoms with Crippen LogP contribution in [0.25, 0.3) is 6.08 Å². The van der Waals surface area contributed by atoms with Gasteiger partial charge in [0.25, 0.3) is 0 Å². The van der Waals surface area contributed by atoms with Crippen LogP contribution in [0.5, 0.6) is 0 Å². The summed E-state index contributed by atoms with van der Waals surface area (Å²) in [5.74, 6) is -0.291. The average Bonchev–Trinajstić information content (AvgIpc) is 2.56. The van der Waals surface area contributed by atoms with Crippen LogP contribution in [0.4, 0.5) is 5.69 Å². The molecule has 130 valence electrons. The van der Waals surface area contributed by atoms with Gasteiger partial charge in [0.2, 0.25) is 11.8 Å². The molecule has 0 saturated carbocycles. The molecule has 0 atom stereocenters. The predicted octanol–water partition coefficient (Wildman–Crippen LogP) is 4.62. The van der Waals surface area contributed by atoms with Gasteiger partial charge in [0.05, 0.1) is 0 Å². The first-order valence-corrected chi connectivity index (χ1v) is 8.36. The van der Waals surface area contributed by atoms with E-state index in [0.717, 1.165) is 11.1 Å². The van der Waals surface area contributed by atoms with Crippen LogP contribution in [0.2, 0.25) is 10.0 Å². The molecule has 2 rings (SSSR count). The highest BCUT2D eigenvalue weighted by molar-refractivity contribution is 6.36. The molecular weight excluding hydrogens is 359 g/mol. The van der Waals surface area contributed by atoms with Gasteiger partial charge in [-0.3, -0.25) is 9.59 Å². The Hall–Kier alpha value is -2.30. The van der Waals surface area contributed by atoms with Crippen molar-refractivity contribution < 1.29 is 9.59 Å². The fourth-order valence-corrected chi connectivity index (χ4v) is 2.69. The molecule has 6 heteroatoms. The standard InChI is InChI=1S/C19H18Cl2N2O2/c1-13(24)22-15-9-6-14(7-10-15)8-11-19(25)23(2)12-16-17(20)4-3-5-18(16)21/h3-11H,12H2,1-2H3,(H,22,24). The Labute approximate surface area is 157 Å². The van der Waals surface area contributed by atoms with Gasteiger partial charge in [-0.15, -0.1) is 0 Å². The molecule has 25 heavy (non-hydrogen) atoms. The summed E-state index contributed by atoms with van der Waals surface area (Å²) >= 11 is 12.3. The van der Waals surface area contributed by atoms with Crippen molar-refractivity contribution in [3.8, 4) is 0 Å². The number of anilines is 1. The summed E-state index contributed by atoms with van der Waals surface area (Å²) in [6.07, 6.45) is 3.20. The molecule has 0 saturated heterocycles. The molecule has 2 amide bonds. The molecule has 2 aromatic rings. The molecule has 1 N–H and O–H groups in total. The second-order valence-corrected chi connectivity index (χ2v) is 6.35. The zero-order valence-corrected chi connectivity index (χ0v) is 15.4. The van der Waals surface area contributed by atoms with Gasteiger partial charge in [0, 0.05) is 47.9 Å². The topological polar surface area (TPSA) is 49.4 Å².